The first-order valence-electron chi connectivity index (χ1n) is 9.03. The Morgan fingerprint density at radius 3 is 2.52 bits per heavy atom. The molecule has 0 fully saturated rings. The minimum atomic E-state index is -4.00. The molecule has 2 aromatic carbocycles. The van der Waals surface area contributed by atoms with Gasteiger partial charge in [-0.25, -0.2) is 17.8 Å². The SMILES string of the molecule is COc1ncc(-c2ccc3nccc(C#N)c3c2)cc1NS(=O)(=O)c1ccc(F)cc1. The summed E-state index contributed by atoms with van der Waals surface area (Å²) in [6, 6.07) is 15.2. The van der Waals surface area contributed by atoms with Crippen LogP contribution in [0.5, 0.6) is 5.88 Å². The van der Waals surface area contributed by atoms with Gasteiger partial charge < -0.3 is 4.74 Å². The molecule has 2 aromatic heterocycles. The summed E-state index contributed by atoms with van der Waals surface area (Å²) in [6.45, 7) is 0. The predicted molar refractivity (Wildman–Crippen MR) is 113 cm³/mol. The van der Waals surface area contributed by atoms with E-state index in [0.717, 1.165) is 17.7 Å². The smallest absolute Gasteiger partial charge is 0.262 e. The van der Waals surface area contributed by atoms with Gasteiger partial charge in [-0.15, -0.1) is 0 Å². The zero-order chi connectivity index (χ0) is 22.0. The second-order valence-electron chi connectivity index (χ2n) is 6.54. The van der Waals surface area contributed by atoms with Gasteiger partial charge in [-0.2, -0.15) is 5.26 Å². The number of hydrogen-bond acceptors (Lipinski definition) is 6. The third-order valence-electron chi connectivity index (χ3n) is 4.61. The lowest BCUT2D eigenvalue weighted by Gasteiger charge is -2.13. The number of methoxy groups -OCH3 is 1. The number of ether oxygens (including phenoxy) is 1. The number of aromatic nitrogens is 2. The third kappa shape index (κ3) is 4.01. The van der Waals surface area contributed by atoms with E-state index < -0.39 is 15.8 Å². The number of pyridine rings is 2. The van der Waals surface area contributed by atoms with Crippen molar-refractivity contribution >= 4 is 26.6 Å². The molecule has 9 heteroatoms. The molecule has 0 aliphatic carbocycles. The highest BCUT2D eigenvalue weighted by Crippen LogP contribution is 2.31. The molecule has 0 saturated carbocycles. The van der Waals surface area contributed by atoms with Gasteiger partial charge in [0, 0.05) is 23.3 Å². The Kier molecular flexibility index (Phi) is 5.23. The number of nitrogens with zero attached hydrogens (tertiary/aromatic N) is 3. The van der Waals surface area contributed by atoms with Crippen LogP contribution >= 0.6 is 0 Å². The molecule has 7 nitrogen and oxygen atoms in total. The van der Waals surface area contributed by atoms with Crippen molar-refractivity contribution in [1.29, 1.82) is 5.26 Å². The lowest BCUT2D eigenvalue weighted by Crippen LogP contribution is -2.14. The molecule has 0 unspecified atom stereocenters. The highest BCUT2D eigenvalue weighted by molar-refractivity contribution is 7.92. The van der Waals surface area contributed by atoms with Crippen molar-refractivity contribution in [3.05, 3.63) is 78.4 Å². The second kappa shape index (κ2) is 8.01. The Labute approximate surface area is 177 Å². The van der Waals surface area contributed by atoms with Crippen LogP contribution in [0, 0.1) is 17.1 Å². The van der Waals surface area contributed by atoms with Crippen LogP contribution in [-0.2, 0) is 10.0 Å². The molecule has 0 aliphatic rings. The molecule has 0 spiro atoms. The first-order valence-corrected chi connectivity index (χ1v) is 10.5. The molecule has 0 radical (unpaired) electrons. The molecular formula is C22H15FN4O3S. The number of nitrogens with one attached hydrogen (secondary N) is 1. The molecule has 0 bridgehead atoms. The number of nitriles is 1. The largest absolute Gasteiger partial charge is 0.480 e. The summed E-state index contributed by atoms with van der Waals surface area (Å²) in [7, 11) is -2.62. The summed E-state index contributed by atoms with van der Waals surface area (Å²) in [6.07, 6.45) is 3.11. The fourth-order valence-electron chi connectivity index (χ4n) is 3.09. The summed E-state index contributed by atoms with van der Waals surface area (Å²) >= 11 is 0. The van der Waals surface area contributed by atoms with Gasteiger partial charge in [-0.05, 0) is 54.1 Å². The molecule has 4 aromatic rings. The number of hydrogen-bond donors (Lipinski definition) is 1. The van der Waals surface area contributed by atoms with Crippen LogP contribution in [-0.4, -0.2) is 25.5 Å². The van der Waals surface area contributed by atoms with E-state index in [1.54, 1.807) is 36.5 Å². The summed E-state index contributed by atoms with van der Waals surface area (Å²) in [5.74, 6) is -0.461. The molecule has 4 rings (SSSR count). The molecule has 0 saturated heterocycles. The molecular weight excluding hydrogens is 419 g/mol. The maximum atomic E-state index is 13.2. The highest BCUT2D eigenvalue weighted by atomic mass is 32.2. The minimum absolute atomic E-state index is 0.0783. The molecule has 31 heavy (non-hydrogen) atoms. The Bertz CT molecular complexity index is 1430. The van der Waals surface area contributed by atoms with Crippen molar-refractivity contribution < 1.29 is 17.5 Å². The van der Waals surface area contributed by atoms with Crippen LogP contribution < -0.4 is 9.46 Å². The van der Waals surface area contributed by atoms with Crippen LogP contribution in [0.15, 0.2) is 71.9 Å². The lowest BCUT2D eigenvalue weighted by atomic mass is 10.0. The van der Waals surface area contributed by atoms with Gasteiger partial charge in [-0.1, -0.05) is 6.07 Å². The zero-order valence-electron chi connectivity index (χ0n) is 16.2. The Morgan fingerprint density at radius 2 is 1.81 bits per heavy atom. The van der Waals surface area contributed by atoms with Crippen LogP contribution in [0.1, 0.15) is 5.56 Å². The number of benzene rings is 2. The minimum Gasteiger partial charge on any atom is -0.480 e. The van der Waals surface area contributed by atoms with E-state index in [2.05, 4.69) is 20.8 Å². The van der Waals surface area contributed by atoms with Gasteiger partial charge >= 0.3 is 0 Å². The molecule has 2 heterocycles. The average Bonchev–Trinajstić information content (AvgIpc) is 2.78. The summed E-state index contributed by atoms with van der Waals surface area (Å²) in [4.78, 5) is 8.35. The van der Waals surface area contributed by atoms with E-state index in [4.69, 9.17) is 4.74 Å². The van der Waals surface area contributed by atoms with Gasteiger partial charge in [0.05, 0.1) is 29.2 Å². The monoisotopic (exact) mass is 434 g/mol. The maximum absolute atomic E-state index is 13.2. The molecule has 0 atom stereocenters. The molecule has 1 N–H and O–H groups in total. The molecule has 0 amide bonds. The highest BCUT2D eigenvalue weighted by Gasteiger charge is 2.18. The van der Waals surface area contributed by atoms with Crippen LogP contribution in [0.25, 0.3) is 22.0 Å². The van der Waals surface area contributed by atoms with E-state index in [0.29, 0.717) is 22.0 Å². The van der Waals surface area contributed by atoms with E-state index in [9.17, 15) is 18.1 Å². The van der Waals surface area contributed by atoms with E-state index in [-0.39, 0.29) is 16.5 Å². The number of halogens is 1. The normalized spacial score (nSPS) is 11.1. The standard InChI is InChI=1S/C22H15FN4O3S/c1-30-22-21(27-31(28,29)18-5-3-17(23)4-6-18)11-16(13-26-22)14-2-7-20-19(10-14)15(12-24)8-9-25-20/h2-11,13,27H,1H3. The average molecular weight is 434 g/mol. The molecule has 154 valence electrons. The topological polar surface area (TPSA) is 105 Å². The number of rotatable bonds is 5. The summed E-state index contributed by atoms with van der Waals surface area (Å²) in [5, 5.41) is 10.0. The van der Waals surface area contributed by atoms with Crippen LogP contribution in [0.4, 0.5) is 10.1 Å². The maximum Gasteiger partial charge on any atom is 0.262 e. The van der Waals surface area contributed by atoms with Crippen molar-refractivity contribution in [1.82, 2.24) is 9.97 Å². The van der Waals surface area contributed by atoms with Gasteiger partial charge in [0.15, 0.2) is 0 Å². The van der Waals surface area contributed by atoms with Crippen molar-refractivity contribution in [3.8, 4) is 23.1 Å². The number of anilines is 1. The molecule has 0 aliphatic heterocycles. The second-order valence-corrected chi connectivity index (χ2v) is 8.22. The fourth-order valence-corrected chi connectivity index (χ4v) is 4.13. The first kappa shape index (κ1) is 20.3. The van der Waals surface area contributed by atoms with E-state index >= 15 is 0 Å². The van der Waals surface area contributed by atoms with Crippen LogP contribution in [0.2, 0.25) is 0 Å². The van der Waals surface area contributed by atoms with Gasteiger partial charge in [0.25, 0.3) is 10.0 Å². The summed E-state index contributed by atoms with van der Waals surface area (Å²) in [5.41, 5.74) is 2.59. The zero-order valence-corrected chi connectivity index (χ0v) is 17.0. The Morgan fingerprint density at radius 1 is 1.03 bits per heavy atom. The first-order chi connectivity index (χ1) is 14.9. The number of sulfonamides is 1. The van der Waals surface area contributed by atoms with Gasteiger partial charge in [0.2, 0.25) is 5.88 Å². The quantitative estimate of drug-likeness (QED) is 0.507. The Balaban J connectivity index is 1.77. The van der Waals surface area contributed by atoms with Gasteiger partial charge in [0.1, 0.15) is 11.5 Å². The number of fused-ring (bicyclic) bond motifs is 1. The summed E-state index contributed by atoms with van der Waals surface area (Å²) < 4.78 is 46.2. The predicted octanol–water partition coefficient (Wildman–Crippen LogP) is 4.12. The van der Waals surface area contributed by atoms with Crippen molar-refractivity contribution in [2.75, 3.05) is 11.8 Å². The van der Waals surface area contributed by atoms with Crippen molar-refractivity contribution in [2.45, 2.75) is 4.90 Å². The fraction of sp³-hybridized carbons (Fsp3) is 0.0455. The van der Waals surface area contributed by atoms with Crippen LogP contribution in [0.3, 0.4) is 0 Å². The van der Waals surface area contributed by atoms with Gasteiger partial charge in [-0.3, -0.25) is 9.71 Å². The Hall–Kier alpha value is -4.03. The van der Waals surface area contributed by atoms with E-state index in [1.807, 2.05) is 0 Å². The lowest BCUT2D eigenvalue weighted by molar-refractivity contribution is 0.400. The van der Waals surface area contributed by atoms with E-state index in [1.165, 1.54) is 25.4 Å². The van der Waals surface area contributed by atoms with Crippen molar-refractivity contribution in [2.24, 2.45) is 0 Å². The third-order valence-corrected chi connectivity index (χ3v) is 5.99. The van der Waals surface area contributed by atoms with Crippen molar-refractivity contribution in [3.63, 3.8) is 0 Å².